The second-order valence-electron chi connectivity index (χ2n) is 6.04. The first-order chi connectivity index (χ1) is 10.2. The lowest BCUT2D eigenvalue weighted by Gasteiger charge is -2.15. The largest absolute Gasteiger partial charge is 0.459 e. The topological polar surface area (TPSA) is 75.7 Å². The highest BCUT2D eigenvalue weighted by Crippen LogP contribution is 2.17. The summed E-state index contributed by atoms with van der Waals surface area (Å²) in [6, 6.07) is 5.31. The van der Waals surface area contributed by atoms with Crippen LogP contribution in [-0.4, -0.2) is 34.9 Å². The van der Waals surface area contributed by atoms with E-state index in [-0.39, 0.29) is 13.2 Å². The zero-order valence-electron chi connectivity index (χ0n) is 13.2. The number of rotatable bonds is 4. The third-order valence-electron chi connectivity index (χ3n) is 3.62. The lowest BCUT2D eigenvalue weighted by Crippen LogP contribution is -2.41. The molecule has 6 nitrogen and oxygen atoms in total. The Morgan fingerprint density at radius 2 is 1.95 bits per heavy atom. The number of ether oxygens (including phenoxy) is 1. The van der Waals surface area contributed by atoms with Crippen molar-refractivity contribution >= 4 is 17.9 Å². The fraction of sp³-hybridized carbons (Fsp3) is 0.438. The minimum Gasteiger partial charge on any atom is -0.459 e. The van der Waals surface area contributed by atoms with Gasteiger partial charge in [0, 0.05) is 0 Å². The van der Waals surface area contributed by atoms with Crippen LogP contribution >= 0.6 is 0 Å². The minimum atomic E-state index is -0.982. The maximum atomic E-state index is 12.0. The first-order valence-electron chi connectivity index (χ1n) is 7.06. The molecule has 1 aliphatic heterocycles. The lowest BCUT2D eigenvalue weighted by molar-refractivity contribution is -0.148. The zero-order valence-corrected chi connectivity index (χ0v) is 13.2. The second kappa shape index (κ2) is 5.79. The Labute approximate surface area is 129 Å². The summed E-state index contributed by atoms with van der Waals surface area (Å²) in [5, 5.41) is 2.52. The Morgan fingerprint density at radius 3 is 2.55 bits per heavy atom. The van der Waals surface area contributed by atoms with Crippen LogP contribution in [0.5, 0.6) is 0 Å². The average molecular weight is 304 g/mol. The zero-order chi connectivity index (χ0) is 16.5. The van der Waals surface area contributed by atoms with Crippen LogP contribution in [0.4, 0.5) is 4.79 Å². The van der Waals surface area contributed by atoms with E-state index in [1.807, 2.05) is 32.0 Å². The number of nitrogens with one attached hydrogen (secondary N) is 1. The molecule has 0 saturated carbocycles. The number of aryl methyl sites for hydroxylation is 2. The van der Waals surface area contributed by atoms with E-state index in [9.17, 15) is 14.4 Å². The molecule has 1 aliphatic rings. The molecule has 6 heteroatoms. The van der Waals surface area contributed by atoms with Gasteiger partial charge in [0.1, 0.15) is 18.7 Å². The van der Waals surface area contributed by atoms with Crippen molar-refractivity contribution in [2.75, 3.05) is 6.54 Å². The lowest BCUT2D eigenvalue weighted by atomic mass is 10.1. The van der Waals surface area contributed by atoms with Gasteiger partial charge in [-0.05, 0) is 38.8 Å². The minimum absolute atomic E-state index is 0.124. The SMILES string of the molecule is Cc1ccc(C)c(COC(=O)CN2C(=O)NC(C)(C)C2=O)c1. The highest BCUT2D eigenvalue weighted by molar-refractivity contribution is 6.08. The molecule has 0 radical (unpaired) electrons. The maximum absolute atomic E-state index is 12.0. The smallest absolute Gasteiger partial charge is 0.326 e. The van der Waals surface area contributed by atoms with Gasteiger partial charge in [0.2, 0.25) is 0 Å². The summed E-state index contributed by atoms with van der Waals surface area (Å²) in [6.07, 6.45) is 0. The van der Waals surface area contributed by atoms with Crippen LogP contribution in [0, 0.1) is 13.8 Å². The number of esters is 1. The Bertz CT molecular complexity index is 637. The first-order valence-corrected chi connectivity index (χ1v) is 7.06. The molecule has 0 aliphatic carbocycles. The highest BCUT2D eigenvalue weighted by atomic mass is 16.5. The summed E-state index contributed by atoms with van der Waals surface area (Å²) in [5.41, 5.74) is 2.03. The summed E-state index contributed by atoms with van der Waals surface area (Å²) in [5.74, 6) is -1.04. The Kier molecular flexibility index (Phi) is 4.21. The van der Waals surface area contributed by atoms with Crippen LogP contribution in [-0.2, 0) is 20.9 Å². The summed E-state index contributed by atoms with van der Waals surface area (Å²) in [6.45, 7) is 6.82. The molecule has 0 unspecified atom stereocenters. The molecule has 0 aromatic heterocycles. The van der Waals surface area contributed by atoms with E-state index in [1.165, 1.54) is 0 Å². The second-order valence-corrected chi connectivity index (χ2v) is 6.04. The number of carbonyl (C=O) groups excluding carboxylic acids is 3. The van der Waals surface area contributed by atoms with Crippen LogP contribution in [0.1, 0.15) is 30.5 Å². The van der Waals surface area contributed by atoms with E-state index >= 15 is 0 Å². The molecular formula is C16H20N2O4. The van der Waals surface area contributed by atoms with E-state index in [4.69, 9.17) is 4.74 Å². The molecule has 0 bridgehead atoms. The predicted octanol–water partition coefficient (Wildman–Crippen LogP) is 1.68. The molecule has 2 rings (SSSR count). The van der Waals surface area contributed by atoms with Gasteiger partial charge in [0.05, 0.1) is 0 Å². The summed E-state index contributed by atoms with van der Waals surface area (Å²) in [4.78, 5) is 36.4. The normalized spacial score (nSPS) is 16.6. The van der Waals surface area contributed by atoms with Gasteiger partial charge in [-0.3, -0.25) is 14.5 Å². The van der Waals surface area contributed by atoms with Crippen LogP contribution in [0.3, 0.4) is 0 Å². The molecule has 1 N–H and O–H groups in total. The number of urea groups is 1. The number of nitrogens with zero attached hydrogens (tertiary/aromatic N) is 1. The van der Waals surface area contributed by atoms with E-state index < -0.39 is 23.4 Å². The van der Waals surface area contributed by atoms with Crippen molar-refractivity contribution in [2.45, 2.75) is 39.8 Å². The summed E-state index contributed by atoms with van der Waals surface area (Å²) < 4.78 is 5.18. The van der Waals surface area contributed by atoms with Gasteiger partial charge in [-0.2, -0.15) is 0 Å². The van der Waals surface area contributed by atoms with E-state index in [2.05, 4.69) is 5.32 Å². The summed E-state index contributed by atoms with van der Waals surface area (Å²) in [7, 11) is 0. The van der Waals surface area contributed by atoms with Crippen LogP contribution in [0.2, 0.25) is 0 Å². The predicted molar refractivity (Wildman–Crippen MR) is 80.0 cm³/mol. The molecule has 1 saturated heterocycles. The fourth-order valence-corrected chi connectivity index (χ4v) is 2.25. The Balaban J connectivity index is 1.95. The molecule has 3 amide bonds. The monoisotopic (exact) mass is 304 g/mol. The van der Waals surface area contributed by atoms with Gasteiger partial charge in [-0.1, -0.05) is 23.8 Å². The Morgan fingerprint density at radius 1 is 1.27 bits per heavy atom. The molecule has 1 aromatic rings. The van der Waals surface area contributed by atoms with Gasteiger partial charge < -0.3 is 10.1 Å². The van der Waals surface area contributed by atoms with E-state index in [1.54, 1.807) is 13.8 Å². The molecule has 22 heavy (non-hydrogen) atoms. The Hall–Kier alpha value is -2.37. The number of benzene rings is 1. The van der Waals surface area contributed by atoms with Crippen molar-refractivity contribution in [1.82, 2.24) is 10.2 Å². The molecule has 0 spiro atoms. The number of carbonyl (C=O) groups is 3. The van der Waals surface area contributed by atoms with Gasteiger partial charge in [0.15, 0.2) is 0 Å². The van der Waals surface area contributed by atoms with Crippen molar-refractivity contribution in [3.05, 3.63) is 34.9 Å². The third kappa shape index (κ3) is 3.27. The van der Waals surface area contributed by atoms with Crippen LogP contribution < -0.4 is 5.32 Å². The number of amides is 3. The van der Waals surface area contributed by atoms with Crippen molar-refractivity contribution in [1.29, 1.82) is 0 Å². The molecule has 1 aromatic carbocycles. The third-order valence-corrected chi connectivity index (χ3v) is 3.62. The van der Waals surface area contributed by atoms with Crippen molar-refractivity contribution in [3.63, 3.8) is 0 Å². The van der Waals surface area contributed by atoms with Gasteiger partial charge >= 0.3 is 12.0 Å². The quantitative estimate of drug-likeness (QED) is 0.678. The molecule has 1 heterocycles. The number of imide groups is 1. The standard InChI is InChI=1S/C16H20N2O4/c1-10-5-6-11(2)12(7-10)9-22-13(19)8-18-14(20)16(3,4)17-15(18)21/h5-7H,8-9H2,1-4H3,(H,17,21). The van der Waals surface area contributed by atoms with Gasteiger partial charge in [0.25, 0.3) is 5.91 Å². The summed E-state index contributed by atoms with van der Waals surface area (Å²) >= 11 is 0. The number of hydrogen-bond donors (Lipinski definition) is 1. The molecule has 0 atom stereocenters. The number of hydrogen-bond acceptors (Lipinski definition) is 4. The van der Waals surface area contributed by atoms with E-state index in [0.29, 0.717) is 0 Å². The van der Waals surface area contributed by atoms with Crippen molar-refractivity contribution in [3.8, 4) is 0 Å². The molecular weight excluding hydrogens is 284 g/mol. The van der Waals surface area contributed by atoms with Gasteiger partial charge in [-0.15, -0.1) is 0 Å². The first kappa shape index (κ1) is 16.0. The average Bonchev–Trinajstić information content (AvgIpc) is 2.62. The van der Waals surface area contributed by atoms with Crippen molar-refractivity contribution in [2.24, 2.45) is 0 Å². The van der Waals surface area contributed by atoms with Crippen LogP contribution in [0.15, 0.2) is 18.2 Å². The molecule has 1 fully saturated rings. The van der Waals surface area contributed by atoms with Crippen LogP contribution in [0.25, 0.3) is 0 Å². The fourth-order valence-electron chi connectivity index (χ4n) is 2.25. The van der Waals surface area contributed by atoms with Crippen molar-refractivity contribution < 1.29 is 19.1 Å². The van der Waals surface area contributed by atoms with E-state index in [0.717, 1.165) is 21.6 Å². The maximum Gasteiger partial charge on any atom is 0.326 e. The molecule has 118 valence electrons. The van der Waals surface area contributed by atoms with Gasteiger partial charge in [-0.25, -0.2) is 4.79 Å². The highest BCUT2D eigenvalue weighted by Gasteiger charge is 2.45.